The summed E-state index contributed by atoms with van der Waals surface area (Å²) in [6, 6.07) is 6.50. The molecule has 0 radical (unpaired) electrons. The van der Waals surface area contributed by atoms with Gasteiger partial charge in [-0.05, 0) is 66.3 Å². The number of halogens is 3. The molecule has 14 heteroatoms. The quantitative estimate of drug-likeness (QED) is 0.225. The van der Waals surface area contributed by atoms with E-state index >= 15 is 0 Å². The Hall–Kier alpha value is -3.49. The molecule has 0 spiro atoms. The lowest BCUT2D eigenvalue weighted by molar-refractivity contribution is -0.140. The van der Waals surface area contributed by atoms with Crippen molar-refractivity contribution >= 4 is 29.5 Å². The first-order valence-corrected chi connectivity index (χ1v) is 16.3. The summed E-state index contributed by atoms with van der Waals surface area (Å²) < 4.78 is 55.7. The third-order valence-corrected chi connectivity index (χ3v) is 9.99. The van der Waals surface area contributed by atoms with Gasteiger partial charge in [0.25, 0.3) is 5.91 Å². The third-order valence-electron chi connectivity index (χ3n) is 9.07. The van der Waals surface area contributed by atoms with E-state index in [2.05, 4.69) is 22.0 Å². The minimum Gasteiger partial charge on any atom is -0.469 e. The zero-order valence-corrected chi connectivity index (χ0v) is 26.9. The Morgan fingerprint density at radius 3 is 2.67 bits per heavy atom. The summed E-state index contributed by atoms with van der Waals surface area (Å²) in [5, 5.41) is 8.78. The molecule has 0 N–H and O–H groups in total. The van der Waals surface area contributed by atoms with Crippen LogP contribution in [0.4, 0.5) is 19.0 Å². The van der Waals surface area contributed by atoms with Crippen LogP contribution in [0.1, 0.15) is 64.6 Å². The van der Waals surface area contributed by atoms with Crippen molar-refractivity contribution in [2.24, 2.45) is 13.0 Å². The minimum atomic E-state index is -4.63. The molecule has 3 aromatic rings. The van der Waals surface area contributed by atoms with Gasteiger partial charge < -0.3 is 14.0 Å². The summed E-state index contributed by atoms with van der Waals surface area (Å²) in [4.78, 5) is 34.0. The van der Waals surface area contributed by atoms with Gasteiger partial charge in [0.15, 0.2) is 0 Å². The molecule has 3 aliphatic heterocycles. The van der Waals surface area contributed by atoms with Gasteiger partial charge >= 0.3 is 12.1 Å². The molecule has 2 aromatic heterocycles. The first-order chi connectivity index (χ1) is 22.0. The molecule has 46 heavy (non-hydrogen) atoms. The highest BCUT2D eigenvalue weighted by Gasteiger charge is 2.44. The number of thioether (sulfide) groups is 1. The van der Waals surface area contributed by atoms with E-state index in [1.807, 2.05) is 17.7 Å². The molecule has 3 aliphatic rings. The molecular weight excluding hydrogens is 621 g/mol. The zero-order chi connectivity index (χ0) is 32.6. The van der Waals surface area contributed by atoms with Crippen molar-refractivity contribution in [2.75, 3.05) is 44.1 Å². The number of aryl methyl sites for hydroxylation is 1. The van der Waals surface area contributed by atoms with Crippen LogP contribution in [-0.2, 0) is 52.4 Å². The second kappa shape index (κ2) is 13.0. The molecule has 0 saturated carbocycles. The van der Waals surface area contributed by atoms with Crippen LogP contribution in [0.2, 0.25) is 0 Å². The van der Waals surface area contributed by atoms with Crippen LogP contribution >= 0.6 is 11.8 Å². The normalized spacial score (nSPS) is 19.7. The van der Waals surface area contributed by atoms with Gasteiger partial charge in [0.1, 0.15) is 18.0 Å². The summed E-state index contributed by atoms with van der Waals surface area (Å²) in [7, 11) is 3.17. The highest BCUT2D eigenvalue weighted by Crippen LogP contribution is 2.42. The van der Waals surface area contributed by atoms with Gasteiger partial charge in [-0.15, -0.1) is 22.0 Å². The molecule has 0 aliphatic carbocycles. The number of alkyl halides is 3. The van der Waals surface area contributed by atoms with Crippen molar-refractivity contribution in [1.82, 2.24) is 24.6 Å². The molecular formula is C32H37F3N6O4S. The van der Waals surface area contributed by atoms with Gasteiger partial charge in [-0.25, -0.2) is 4.98 Å². The molecule has 1 aromatic carbocycles. The number of amides is 1. The number of hydrogen-bond acceptors (Lipinski definition) is 9. The molecule has 2 saturated heterocycles. The van der Waals surface area contributed by atoms with Crippen molar-refractivity contribution in [3.63, 3.8) is 0 Å². The Balaban J connectivity index is 1.36. The number of ether oxygens (including phenoxy) is 2. The van der Waals surface area contributed by atoms with Gasteiger partial charge in [-0.1, -0.05) is 6.92 Å². The van der Waals surface area contributed by atoms with Crippen molar-refractivity contribution < 1.29 is 32.2 Å². The number of pyridine rings is 1. The summed E-state index contributed by atoms with van der Waals surface area (Å²) in [6.07, 6.45) is -0.257. The predicted molar refractivity (Wildman–Crippen MR) is 164 cm³/mol. The van der Waals surface area contributed by atoms with Gasteiger partial charge in [-0.2, -0.15) is 13.2 Å². The number of piperidine rings is 1. The van der Waals surface area contributed by atoms with Crippen LogP contribution in [0.3, 0.4) is 0 Å². The molecule has 0 unspecified atom stereocenters. The summed E-state index contributed by atoms with van der Waals surface area (Å²) in [5.74, 6) is 0.963. The van der Waals surface area contributed by atoms with Crippen molar-refractivity contribution in [1.29, 1.82) is 0 Å². The van der Waals surface area contributed by atoms with E-state index in [1.54, 1.807) is 18.5 Å². The number of likely N-dealkylation sites (tertiary alicyclic amines) is 1. The van der Waals surface area contributed by atoms with Crippen LogP contribution in [-0.4, -0.2) is 75.7 Å². The van der Waals surface area contributed by atoms with Gasteiger partial charge in [0.05, 0.1) is 43.9 Å². The third kappa shape index (κ3) is 6.65. The average molecular weight is 659 g/mol. The number of anilines is 1. The van der Waals surface area contributed by atoms with E-state index in [-0.39, 0.29) is 35.9 Å². The fourth-order valence-corrected chi connectivity index (χ4v) is 7.37. The first kappa shape index (κ1) is 32.5. The number of esters is 1. The Morgan fingerprint density at radius 1 is 1.22 bits per heavy atom. The topological polar surface area (TPSA) is 103 Å². The SMILES string of the molecule is COC(=O)CCSc1cc(C2(Cc3nncn3C)COC2)cc(N2Cc3c(cc(CN4CCC[C@H](C)C4)cc3C(F)(F)F)C2=O)n1. The maximum Gasteiger partial charge on any atom is 0.416 e. The Morgan fingerprint density at radius 2 is 2.02 bits per heavy atom. The van der Waals surface area contributed by atoms with E-state index < -0.39 is 23.1 Å². The lowest BCUT2D eigenvalue weighted by atomic mass is 9.76. The van der Waals surface area contributed by atoms with Crippen LogP contribution in [0.5, 0.6) is 0 Å². The highest BCUT2D eigenvalue weighted by atomic mass is 32.2. The Bertz CT molecular complexity index is 1630. The molecule has 2 fully saturated rings. The standard InChI is InChI=1S/C32H37F3N6O4S/c1-20-5-4-7-40(14-20)15-21-9-23-24(25(10-21)32(33,34)35)16-41(30(23)43)26-11-22(12-28(37-26)46-8-6-29(42)44-3)31(17-45-18-31)13-27-38-36-19-39(27)2/h9-12,19-20H,4-8,13-18H2,1-3H3/t20-/m0/s1. The maximum atomic E-state index is 14.5. The Labute approximate surface area is 269 Å². The van der Waals surface area contributed by atoms with Gasteiger partial charge in [-0.3, -0.25) is 19.4 Å². The van der Waals surface area contributed by atoms with E-state index in [9.17, 15) is 22.8 Å². The van der Waals surface area contributed by atoms with E-state index in [0.29, 0.717) is 48.4 Å². The molecule has 1 atom stereocenters. The van der Waals surface area contributed by atoms with E-state index in [0.717, 1.165) is 37.3 Å². The second-order valence-electron chi connectivity index (χ2n) is 12.6. The number of rotatable bonds is 10. The largest absolute Gasteiger partial charge is 0.469 e. The average Bonchev–Trinajstić information content (AvgIpc) is 3.55. The number of fused-ring (bicyclic) bond motifs is 1. The molecule has 1 amide bonds. The summed E-state index contributed by atoms with van der Waals surface area (Å²) >= 11 is 1.32. The molecule has 246 valence electrons. The molecule has 6 rings (SSSR count). The fourth-order valence-electron chi connectivity index (χ4n) is 6.53. The number of carbonyl (C=O) groups is 2. The highest BCUT2D eigenvalue weighted by molar-refractivity contribution is 7.99. The maximum absolute atomic E-state index is 14.5. The number of carbonyl (C=O) groups excluding carboxylic acids is 2. The number of methoxy groups -OCH3 is 1. The van der Waals surface area contributed by atoms with E-state index in [4.69, 9.17) is 14.5 Å². The first-order valence-electron chi connectivity index (χ1n) is 15.4. The van der Waals surface area contributed by atoms with E-state index in [1.165, 1.54) is 29.8 Å². The summed E-state index contributed by atoms with van der Waals surface area (Å²) in [5.41, 5.74) is 0.0407. The molecule has 5 heterocycles. The van der Waals surface area contributed by atoms with Crippen LogP contribution in [0.25, 0.3) is 0 Å². The number of benzene rings is 1. The summed E-state index contributed by atoms with van der Waals surface area (Å²) in [6.45, 7) is 4.66. The van der Waals surface area contributed by atoms with Crippen molar-refractivity contribution in [3.8, 4) is 0 Å². The second-order valence-corrected chi connectivity index (χ2v) is 13.7. The predicted octanol–water partition coefficient (Wildman–Crippen LogP) is 4.79. The smallest absolute Gasteiger partial charge is 0.416 e. The zero-order valence-electron chi connectivity index (χ0n) is 26.1. The number of hydrogen-bond donors (Lipinski definition) is 0. The van der Waals surface area contributed by atoms with Crippen LogP contribution < -0.4 is 4.90 Å². The van der Waals surface area contributed by atoms with Gasteiger partial charge in [0.2, 0.25) is 0 Å². The number of nitrogens with zero attached hydrogens (tertiary/aromatic N) is 6. The molecule has 10 nitrogen and oxygen atoms in total. The molecule has 0 bridgehead atoms. The van der Waals surface area contributed by atoms with Crippen LogP contribution in [0.15, 0.2) is 35.6 Å². The van der Waals surface area contributed by atoms with Gasteiger partial charge in [0, 0.05) is 43.3 Å². The minimum absolute atomic E-state index is 0.0406. The van der Waals surface area contributed by atoms with Crippen molar-refractivity contribution in [2.45, 2.75) is 62.3 Å². The van der Waals surface area contributed by atoms with Crippen LogP contribution in [0, 0.1) is 5.92 Å². The number of aromatic nitrogens is 4. The Kier molecular flexibility index (Phi) is 9.14. The fraction of sp³-hybridized carbons (Fsp3) is 0.531. The van der Waals surface area contributed by atoms with Crippen molar-refractivity contribution in [3.05, 3.63) is 64.2 Å². The lowest BCUT2D eigenvalue weighted by Gasteiger charge is -2.42. The lowest BCUT2D eigenvalue weighted by Crippen LogP contribution is -2.49. The monoisotopic (exact) mass is 658 g/mol.